The molecule has 34 heavy (non-hydrogen) atoms. The van der Waals surface area contributed by atoms with Crippen LogP contribution < -0.4 is 15.8 Å². The van der Waals surface area contributed by atoms with Gasteiger partial charge in [0.2, 0.25) is 0 Å². The minimum atomic E-state index is -0.0625. The Kier molecular flexibility index (Phi) is 6.49. The number of rotatable bonds is 7. The number of benzene rings is 2. The number of fused-ring (bicyclic) bond motifs is 1. The summed E-state index contributed by atoms with van der Waals surface area (Å²) in [6, 6.07) is 15.3. The summed E-state index contributed by atoms with van der Waals surface area (Å²) in [6.07, 6.45) is 1.77. The summed E-state index contributed by atoms with van der Waals surface area (Å²) < 4.78 is 5.28. The molecule has 4 N–H and O–H groups in total. The normalized spacial score (nSPS) is 15.0. The SMILES string of the molecule is C=N/C(N)=C\C(=C1/CN=C(C)N1)c1cc2cc(C(=O)N(C)Cc3cccc(OC)c3)ccc2[nH]1. The number of carbonyl (C=O) groups excluding carboxylic acids is 1. The molecule has 0 atom stereocenters. The number of amidine groups is 1. The minimum Gasteiger partial charge on any atom is -0.497 e. The zero-order valence-corrected chi connectivity index (χ0v) is 19.6. The number of carbonyl (C=O) groups is 1. The summed E-state index contributed by atoms with van der Waals surface area (Å²) in [6.45, 7) is 6.42. The highest BCUT2D eigenvalue weighted by Gasteiger charge is 2.17. The predicted octanol–water partition coefficient (Wildman–Crippen LogP) is 3.68. The van der Waals surface area contributed by atoms with Gasteiger partial charge in [-0.3, -0.25) is 9.79 Å². The third-order valence-corrected chi connectivity index (χ3v) is 5.66. The number of allylic oxidation sites excluding steroid dienone is 2. The first-order valence-corrected chi connectivity index (χ1v) is 10.8. The molecule has 0 spiro atoms. The van der Waals surface area contributed by atoms with E-state index in [0.717, 1.165) is 45.0 Å². The monoisotopic (exact) mass is 456 g/mol. The number of aliphatic imine (C=N–C) groups is 2. The Hall–Kier alpha value is -4.33. The van der Waals surface area contributed by atoms with E-state index in [9.17, 15) is 4.79 Å². The van der Waals surface area contributed by atoms with Crippen molar-refractivity contribution in [2.45, 2.75) is 13.5 Å². The number of nitrogens with zero attached hydrogens (tertiary/aromatic N) is 3. The van der Waals surface area contributed by atoms with Crippen molar-refractivity contribution in [1.29, 1.82) is 0 Å². The van der Waals surface area contributed by atoms with Gasteiger partial charge in [0.1, 0.15) is 11.6 Å². The Balaban J connectivity index is 1.62. The number of ether oxygens (including phenoxy) is 1. The molecule has 174 valence electrons. The van der Waals surface area contributed by atoms with Gasteiger partial charge in [-0.1, -0.05) is 12.1 Å². The van der Waals surface area contributed by atoms with E-state index >= 15 is 0 Å². The molecule has 2 heterocycles. The second-order valence-electron chi connectivity index (χ2n) is 8.14. The number of methoxy groups -OCH3 is 1. The molecule has 1 aromatic heterocycles. The highest BCUT2D eigenvalue weighted by molar-refractivity contribution is 5.99. The molecule has 1 aliphatic heterocycles. The third-order valence-electron chi connectivity index (χ3n) is 5.66. The molecule has 0 saturated carbocycles. The standard InChI is InChI=1S/C26H28N6O2/c1-16-29-14-24(30-16)21(13-25(27)28-2)23-12-19-11-18(8-9-22(19)31-23)26(33)32(3)15-17-6-5-7-20(10-17)34-4/h5-13,31H,2,14-15,27H2,1,3-4H3,(H,29,30)/b24-21-,25-13-. The molecule has 1 amide bonds. The van der Waals surface area contributed by atoms with Crippen LogP contribution in [0.5, 0.6) is 5.75 Å². The van der Waals surface area contributed by atoms with Crippen LogP contribution in [0.1, 0.15) is 28.5 Å². The average Bonchev–Trinajstić information content (AvgIpc) is 3.47. The molecule has 2 aromatic carbocycles. The summed E-state index contributed by atoms with van der Waals surface area (Å²) in [5.41, 5.74) is 11.1. The number of hydrogen-bond acceptors (Lipinski definition) is 6. The second kappa shape index (κ2) is 9.66. The van der Waals surface area contributed by atoms with Gasteiger partial charge >= 0.3 is 0 Å². The molecule has 0 bridgehead atoms. The number of aromatic amines is 1. The van der Waals surface area contributed by atoms with E-state index < -0.39 is 0 Å². The summed E-state index contributed by atoms with van der Waals surface area (Å²) in [7, 11) is 3.42. The number of hydrogen-bond donors (Lipinski definition) is 3. The van der Waals surface area contributed by atoms with Crippen LogP contribution in [0.4, 0.5) is 0 Å². The van der Waals surface area contributed by atoms with Crippen LogP contribution >= 0.6 is 0 Å². The highest BCUT2D eigenvalue weighted by Crippen LogP contribution is 2.27. The Morgan fingerprint density at radius 2 is 2.12 bits per heavy atom. The number of H-pyrrole nitrogens is 1. The molecule has 8 heteroatoms. The van der Waals surface area contributed by atoms with Gasteiger partial charge in [0.05, 0.1) is 19.5 Å². The maximum Gasteiger partial charge on any atom is 0.253 e. The maximum absolute atomic E-state index is 13.1. The molecule has 0 unspecified atom stereocenters. The first-order chi connectivity index (χ1) is 16.4. The van der Waals surface area contributed by atoms with Crippen LogP contribution in [-0.4, -0.2) is 49.0 Å². The van der Waals surface area contributed by atoms with E-state index in [1.807, 2.05) is 55.5 Å². The maximum atomic E-state index is 13.1. The lowest BCUT2D eigenvalue weighted by Gasteiger charge is -2.18. The van der Waals surface area contributed by atoms with Gasteiger partial charge in [0.15, 0.2) is 0 Å². The summed E-state index contributed by atoms with van der Waals surface area (Å²) in [5.74, 6) is 1.85. The highest BCUT2D eigenvalue weighted by atomic mass is 16.5. The Labute approximate surface area is 198 Å². The molecule has 0 aliphatic carbocycles. The van der Waals surface area contributed by atoms with Crippen LogP contribution in [0, 0.1) is 0 Å². The van der Waals surface area contributed by atoms with Crippen molar-refractivity contribution < 1.29 is 9.53 Å². The number of amides is 1. The number of nitrogens with one attached hydrogen (secondary N) is 2. The zero-order chi connectivity index (χ0) is 24.2. The second-order valence-corrected chi connectivity index (χ2v) is 8.14. The third kappa shape index (κ3) is 4.85. The van der Waals surface area contributed by atoms with Gasteiger partial charge in [0, 0.05) is 47.0 Å². The van der Waals surface area contributed by atoms with Gasteiger partial charge in [-0.05, 0) is 61.7 Å². The molecular formula is C26H28N6O2. The fraction of sp³-hybridized carbons (Fsp3) is 0.192. The molecule has 4 rings (SSSR count). The van der Waals surface area contributed by atoms with Crippen LogP contribution in [-0.2, 0) is 6.54 Å². The van der Waals surface area contributed by atoms with Crippen molar-refractivity contribution >= 4 is 34.9 Å². The van der Waals surface area contributed by atoms with E-state index in [1.165, 1.54) is 0 Å². The molecule has 0 fully saturated rings. The van der Waals surface area contributed by atoms with Crippen molar-refractivity contribution in [2.24, 2.45) is 15.7 Å². The number of nitrogens with two attached hydrogens (primary N) is 1. The Morgan fingerprint density at radius 3 is 2.82 bits per heavy atom. The molecule has 0 radical (unpaired) electrons. The van der Waals surface area contributed by atoms with Gasteiger partial charge in [0.25, 0.3) is 5.91 Å². The zero-order valence-electron chi connectivity index (χ0n) is 19.6. The van der Waals surface area contributed by atoms with Crippen LogP contribution in [0.3, 0.4) is 0 Å². The fourth-order valence-corrected chi connectivity index (χ4v) is 3.92. The van der Waals surface area contributed by atoms with Gasteiger partial charge in [-0.15, -0.1) is 0 Å². The first-order valence-electron chi connectivity index (χ1n) is 10.8. The lowest BCUT2D eigenvalue weighted by atomic mass is 10.1. The van der Waals surface area contributed by atoms with Crippen LogP contribution in [0.2, 0.25) is 0 Å². The largest absolute Gasteiger partial charge is 0.497 e. The summed E-state index contributed by atoms with van der Waals surface area (Å²) in [5, 5.41) is 4.20. The van der Waals surface area contributed by atoms with Gasteiger partial charge in [-0.2, -0.15) is 0 Å². The fourth-order valence-electron chi connectivity index (χ4n) is 3.92. The van der Waals surface area contributed by atoms with E-state index in [2.05, 4.69) is 27.0 Å². The molecule has 1 aliphatic rings. The van der Waals surface area contributed by atoms with Crippen LogP contribution in [0.15, 0.2) is 76.1 Å². The summed E-state index contributed by atoms with van der Waals surface area (Å²) >= 11 is 0. The average molecular weight is 457 g/mol. The number of aromatic nitrogens is 1. The molecule has 3 aromatic rings. The quantitative estimate of drug-likeness (QED) is 0.471. The van der Waals surface area contributed by atoms with E-state index in [0.29, 0.717) is 24.5 Å². The van der Waals surface area contributed by atoms with Crippen molar-refractivity contribution in [3.63, 3.8) is 0 Å². The minimum absolute atomic E-state index is 0.0625. The molecular weight excluding hydrogens is 428 g/mol. The van der Waals surface area contributed by atoms with Crippen molar-refractivity contribution in [2.75, 3.05) is 20.7 Å². The Morgan fingerprint density at radius 1 is 1.29 bits per heavy atom. The predicted molar refractivity (Wildman–Crippen MR) is 137 cm³/mol. The van der Waals surface area contributed by atoms with E-state index in [-0.39, 0.29) is 5.91 Å². The first kappa shape index (κ1) is 22.8. The van der Waals surface area contributed by atoms with E-state index in [1.54, 1.807) is 25.1 Å². The molecule has 0 saturated heterocycles. The van der Waals surface area contributed by atoms with E-state index in [4.69, 9.17) is 10.5 Å². The lowest BCUT2D eigenvalue weighted by molar-refractivity contribution is 0.0785. The Bertz CT molecular complexity index is 1350. The smallest absolute Gasteiger partial charge is 0.253 e. The van der Waals surface area contributed by atoms with Gasteiger partial charge in [-0.25, -0.2) is 4.99 Å². The van der Waals surface area contributed by atoms with Crippen molar-refractivity contribution in [3.05, 3.63) is 82.9 Å². The van der Waals surface area contributed by atoms with Gasteiger partial charge < -0.3 is 25.7 Å². The van der Waals surface area contributed by atoms with Crippen LogP contribution in [0.25, 0.3) is 16.5 Å². The lowest BCUT2D eigenvalue weighted by Crippen LogP contribution is -2.26. The van der Waals surface area contributed by atoms with Crippen molar-refractivity contribution in [3.8, 4) is 5.75 Å². The summed E-state index contributed by atoms with van der Waals surface area (Å²) in [4.78, 5) is 26.5. The topological polar surface area (TPSA) is 108 Å². The molecule has 8 nitrogen and oxygen atoms in total. The van der Waals surface area contributed by atoms with Crippen molar-refractivity contribution in [1.82, 2.24) is 15.2 Å².